The molecule has 0 aromatic heterocycles. The van der Waals surface area contributed by atoms with E-state index in [-0.39, 0.29) is 18.5 Å². The highest BCUT2D eigenvalue weighted by atomic mass is 16.5. The molecular weight excluding hydrogens is 995 g/mol. The second kappa shape index (κ2) is 71.1. The number of ether oxygens (including phenoxy) is 1. The quantitative estimate of drug-likeness (QED) is 0.0320. The average Bonchev–Trinajstić information content (AvgIpc) is 3.47. The topological polar surface area (TPSA) is 95.9 Å². The first-order chi connectivity index (χ1) is 40.0. The van der Waals surface area contributed by atoms with Gasteiger partial charge in [-0.2, -0.15) is 0 Å². The lowest BCUT2D eigenvalue weighted by atomic mass is 10.0. The number of carbonyl (C=O) groups is 2. The molecule has 81 heavy (non-hydrogen) atoms. The Morgan fingerprint density at radius 1 is 0.333 bits per heavy atom. The van der Waals surface area contributed by atoms with E-state index >= 15 is 0 Å². The molecule has 0 aromatic rings. The molecule has 0 radical (unpaired) electrons. The van der Waals surface area contributed by atoms with Gasteiger partial charge in [0.2, 0.25) is 5.91 Å². The van der Waals surface area contributed by atoms with E-state index in [2.05, 4.69) is 19.2 Å². The Labute approximate surface area is 508 Å². The SMILES string of the molecule is CCCCCCCCCCCCCCCCCCCCCCCCC/C=C/C(O)C(CO)NC(=O)CCCCCCCCCCCCCCCCCCCCCCCCCCOC(=O)CCCCCCCCCCCCCCCCC. The van der Waals surface area contributed by atoms with Crippen molar-refractivity contribution >= 4 is 11.9 Å². The lowest BCUT2D eigenvalue weighted by Gasteiger charge is -2.20. The normalized spacial score (nSPS) is 12.5. The molecule has 0 aliphatic heterocycles. The van der Waals surface area contributed by atoms with E-state index in [1.165, 1.54) is 366 Å². The number of rotatable bonds is 71. The lowest BCUT2D eigenvalue weighted by molar-refractivity contribution is -0.143. The Morgan fingerprint density at radius 3 is 0.840 bits per heavy atom. The fourth-order valence-corrected chi connectivity index (χ4v) is 12.1. The number of esters is 1. The molecule has 2 unspecified atom stereocenters. The summed E-state index contributed by atoms with van der Waals surface area (Å²) >= 11 is 0. The van der Waals surface area contributed by atoms with Crippen LogP contribution in [0.5, 0.6) is 0 Å². The molecule has 0 fully saturated rings. The molecule has 0 rings (SSSR count). The summed E-state index contributed by atoms with van der Waals surface area (Å²) in [5, 5.41) is 23.3. The molecule has 0 heterocycles. The minimum Gasteiger partial charge on any atom is -0.466 e. The van der Waals surface area contributed by atoms with Gasteiger partial charge in [0.05, 0.1) is 25.4 Å². The van der Waals surface area contributed by atoms with Gasteiger partial charge in [-0.3, -0.25) is 9.59 Å². The number of hydrogen-bond acceptors (Lipinski definition) is 5. The number of allylic oxidation sites excluding steroid dienone is 1. The fourth-order valence-electron chi connectivity index (χ4n) is 12.1. The van der Waals surface area contributed by atoms with Crippen LogP contribution in [0.15, 0.2) is 12.2 Å². The molecule has 3 N–H and O–H groups in total. The van der Waals surface area contributed by atoms with Crippen LogP contribution in [-0.4, -0.2) is 47.4 Å². The fraction of sp³-hybridized carbons (Fsp3) is 0.947. The van der Waals surface area contributed by atoms with E-state index in [1.54, 1.807) is 6.08 Å². The van der Waals surface area contributed by atoms with Crippen LogP contribution in [0.2, 0.25) is 0 Å². The van der Waals surface area contributed by atoms with Gasteiger partial charge in [0, 0.05) is 12.8 Å². The van der Waals surface area contributed by atoms with Crippen LogP contribution in [0.1, 0.15) is 431 Å². The molecule has 1 amide bonds. The molecule has 0 aromatic carbocycles. The Hall–Kier alpha value is -1.40. The number of nitrogens with one attached hydrogen (secondary N) is 1. The standard InChI is InChI=1S/C75H147NO5/c1-3-5-7-9-11-13-15-17-19-20-21-22-23-24-27-30-33-36-40-43-47-51-55-59-63-67-73(78)72(71-77)76-74(79)68-64-60-56-52-48-44-41-37-34-31-28-25-26-29-32-35-38-42-46-50-54-58-62-66-70-81-75(80)69-65-61-57-53-49-45-39-18-16-14-12-10-8-6-4-2/h63,67,72-73,77-78H,3-62,64-66,68-71H2,1-2H3,(H,76,79)/b67-63+. The van der Waals surface area contributed by atoms with Gasteiger partial charge in [-0.05, 0) is 32.1 Å². The zero-order valence-electron chi connectivity index (χ0n) is 55.3. The van der Waals surface area contributed by atoms with Gasteiger partial charge in [0.1, 0.15) is 0 Å². The predicted octanol–water partition coefficient (Wildman–Crippen LogP) is 24.3. The lowest BCUT2D eigenvalue weighted by Crippen LogP contribution is -2.45. The van der Waals surface area contributed by atoms with Crippen LogP contribution < -0.4 is 5.32 Å². The second-order valence-corrected chi connectivity index (χ2v) is 26.0. The van der Waals surface area contributed by atoms with E-state index in [0.29, 0.717) is 19.4 Å². The first-order valence-corrected chi connectivity index (χ1v) is 37.5. The Kier molecular flexibility index (Phi) is 69.9. The Bertz CT molecular complexity index is 1220. The van der Waals surface area contributed by atoms with Crippen LogP contribution in [0, 0.1) is 0 Å². The molecule has 0 aliphatic rings. The number of aliphatic hydroxyl groups excluding tert-OH is 2. The Balaban J connectivity index is 3.38. The summed E-state index contributed by atoms with van der Waals surface area (Å²) in [6, 6.07) is -0.628. The van der Waals surface area contributed by atoms with Crippen LogP contribution in [0.4, 0.5) is 0 Å². The molecule has 6 heteroatoms. The van der Waals surface area contributed by atoms with Gasteiger partial charge in [-0.25, -0.2) is 0 Å². The smallest absolute Gasteiger partial charge is 0.305 e. The molecule has 6 nitrogen and oxygen atoms in total. The Morgan fingerprint density at radius 2 is 0.568 bits per heavy atom. The van der Waals surface area contributed by atoms with Crippen molar-refractivity contribution in [3.63, 3.8) is 0 Å². The van der Waals surface area contributed by atoms with Gasteiger partial charge in [-0.15, -0.1) is 0 Å². The van der Waals surface area contributed by atoms with Gasteiger partial charge in [0.25, 0.3) is 0 Å². The minimum atomic E-state index is -0.845. The molecular formula is C75H147NO5. The summed E-state index contributed by atoms with van der Waals surface area (Å²) in [5.74, 6) is -0.0420. The van der Waals surface area contributed by atoms with Crippen molar-refractivity contribution in [3.8, 4) is 0 Å². The van der Waals surface area contributed by atoms with Crippen LogP contribution in [-0.2, 0) is 14.3 Å². The summed E-state index contributed by atoms with van der Waals surface area (Å²) < 4.78 is 5.50. The van der Waals surface area contributed by atoms with E-state index in [9.17, 15) is 19.8 Å². The first kappa shape index (κ1) is 79.6. The van der Waals surface area contributed by atoms with Crippen LogP contribution in [0.3, 0.4) is 0 Å². The van der Waals surface area contributed by atoms with E-state index in [1.807, 2.05) is 6.08 Å². The first-order valence-electron chi connectivity index (χ1n) is 37.5. The summed E-state index contributed by atoms with van der Waals surface area (Å²) in [7, 11) is 0. The summed E-state index contributed by atoms with van der Waals surface area (Å²) in [4.78, 5) is 24.6. The molecule has 0 spiro atoms. The van der Waals surface area contributed by atoms with Gasteiger partial charge >= 0.3 is 5.97 Å². The van der Waals surface area contributed by atoms with Gasteiger partial charge in [0.15, 0.2) is 0 Å². The van der Waals surface area contributed by atoms with E-state index in [0.717, 1.165) is 38.5 Å². The molecule has 482 valence electrons. The van der Waals surface area contributed by atoms with Crippen LogP contribution >= 0.6 is 0 Å². The minimum absolute atomic E-state index is 0.0192. The number of aliphatic hydroxyl groups is 2. The summed E-state index contributed by atoms with van der Waals surface area (Å²) in [5.41, 5.74) is 0. The maximum absolute atomic E-state index is 12.5. The highest BCUT2D eigenvalue weighted by Crippen LogP contribution is 2.20. The molecule has 2 atom stereocenters. The molecule has 0 saturated heterocycles. The molecule has 0 bridgehead atoms. The summed E-state index contributed by atoms with van der Waals surface area (Å²) in [6.07, 6.45) is 88.8. The van der Waals surface area contributed by atoms with Gasteiger partial charge < -0.3 is 20.3 Å². The number of carbonyl (C=O) groups excluding carboxylic acids is 2. The molecule has 0 aliphatic carbocycles. The maximum Gasteiger partial charge on any atom is 0.305 e. The summed E-state index contributed by atoms with van der Waals surface area (Å²) in [6.45, 7) is 4.96. The van der Waals surface area contributed by atoms with Gasteiger partial charge in [-0.1, -0.05) is 398 Å². The third-order valence-corrected chi connectivity index (χ3v) is 17.8. The van der Waals surface area contributed by atoms with Crippen molar-refractivity contribution in [1.82, 2.24) is 5.32 Å². The van der Waals surface area contributed by atoms with Crippen molar-refractivity contribution in [3.05, 3.63) is 12.2 Å². The number of unbranched alkanes of at least 4 members (excludes halogenated alkanes) is 60. The van der Waals surface area contributed by atoms with Crippen molar-refractivity contribution in [2.75, 3.05) is 13.2 Å². The van der Waals surface area contributed by atoms with Crippen molar-refractivity contribution in [2.24, 2.45) is 0 Å². The largest absolute Gasteiger partial charge is 0.466 e. The number of hydrogen-bond donors (Lipinski definition) is 3. The monoisotopic (exact) mass is 1140 g/mol. The number of amides is 1. The van der Waals surface area contributed by atoms with E-state index in [4.69, 9.17) is 4.74 Å². The zero-order chi connectivity index (χ0) is 58.5. The third kappa shape index (κ3) is 67.6. The highest BCUT2D eigenvalue weighted by Gasteiger charge is 2.18. The molecule has 0 saturated carbocycles. The third-order valence-electron chi connectivity index (χ3n) is 17.8. The maximum atomic E-state index is 12.5. The average molecular weight is 1140 g/mol. The van der Waals surface area contributed by atoms with Crippen molar-refractivity contribution in [2.45, 2.75) is 443 Å². The van der Waals surface area contributed by atoms with Crippen molar-refractivity contribution in [1.29, 1.82) is 0 Å². The van der Waals surface area contributed by atoms with Crippen molar-refractivity contribution < 1.29 is 24.5 Å². The highest BCUT2D eigenvalue weighted by molar-refractivity contribution is 5.76. The second-order valence-electron chi connectivity index (χ2n) is 26.0. The zero-order valence-corrected chi connectivity index (χ0v) is 55.3. The van der Waals surface area contributed by atoms with E-state index < -0.39 is 12.1 Å². The van der Waals surface area contributed by atoms with Crippen LogP contribution in [0.25, 0.3) is 0 Å². The predicted molar refractivity (Wildman–Crippen MR) is 357 cm³/mol.